The van der Waals surface area contributed by atoms with Crippen LogP contribution in [0, 0.1) is 5.82 Å². The summed E-state index contributed by atoms with van der Waals surface area (Å²) in [6, 6.07) is 7.56. The number of hydrogen-bond donors (Lipinski definition) is 0. The smallest absolute Gasteiger partial charge is 0.262 e. The Balaban J connectivity index is 1.84. The minimum atomic E-state index is -1.03. The molecule has 0 aromatic heterocycles. The number of nitrogens with zero attached hydrogens (tertiary/aromatic N) is 2. The summed E-state index contributed by atoms with van der Waals surface area (Å²) < 4.78 is 13.4. The summed E-state index contributed by atoms with van der Waals surface area (Å²) in [6.45, 7) is 3.76. The molecular formula is C20H17Cl2FN2O3. The van der Waals surface area contributed by atoms with Gasteiger partial charge < -0.3 is 4.90 Å². The molecule has 28 heavy (non-hydrogen) atoms. The molecule has 3 amide bonds. The van der Waals surface area contributed by atoms with Crippen LogP contribution in [0.25, 0.3) is 0 Å². The topological polar surface area (TPSA) is 57.7 Å². The van der Waals surface area contributed by atoms with Gasteiger partial charge in [-0.3, -0.25) is 19.3 Å². The van der Waals surface area contributed by atoms with Crippen LogP contribution in [0.15, 0.2) is 36.4 Å². The summed E-state index contributed by atoms with van der Waals surface area (Å²) in [6.07, 6.45) is 0. The SMILES string of the molecule is CCN(Cc1cccc(F)c1)C(=O)C(C)N1C(=O)c2cc(Cl)c(Cl)cc2C1=O. The lowest BCUT2D eigenvalue weighted by Crippen LogP contribution is -2.49. The van der Waals surface area contributed by atoms with Crippen LogP contribution in [0.2, 0.25) is 10.0 Å². The molecule has 0 N–H and O–H groups in total. The zero-order valence-electron chi connectivity index (χ0n) is 15.2. The molecule has 1 heterocycles. The van der Waals surface area contributed by atoms with Crippen molar-refractivity contribution in [1.82, 2.24) is 9.80 Å². The molecule has 1 unspecified atom stereocenters. The van der Waals surface area contributed by atoms with Gasteiger partial charge in [0.2, 0.25) is 5.91 Å². The number of likely N-dealkylation sites (N-methyl/N-ethyl adjacent to an activating group) is 1. The summed E-state index contributed by atoms with van der Waals surface area (Å²) in [5.41, 5.74) is 0.850. The van der Waals surface area contributed by atoms with Crippen molar-refractivity contribution in [2.75, 3.05) is 6.54 Å². The molecule has 146 valence electrons. The van der Waals surface area contributed by atoms with E-state index in [2.05, 4.69) is 0 Å². The fourth-order valence-electron chi connectivity index (χ4n) is 3.18. The van der Waals surface area contributed by atoms with E-state index in [0.717, 1.165) is 4.90 Å². The van der Waals surface area contributed by atoms with Gasteiger partial charge >= 0.3 is 0 Å². The van der Waals surface area contributed by atoms with Gasteiger partial charge in [0, 0.05) is 13.1 Å². The highest BCUT2D eigenvalue weighted by atomic mass is 35.5. The maximum atomic E-state index is 13.4. The lowest BCUT2D eigenvalue weighted by atomic mass is 10.1. The van der Waals surface area contributed by atoms with Crippen LogP contribution in [0.3, 0.4) is 0 Å². The summed E-state index contributed by atoms with van der Waals surface area (Å²) >= 11 is 11.9. The second-order valence-corrected chi connectivity index (χ2v) is 7.26. The largest absolute Gasteiger partial charge is 0.337 e. The molecular weight excluding hydrogens is 406 g/mol. The fraction of sp³-hybridized carbons (Fsp3) is 0.250. The highest BCUT2D eigenvalue weighted by molar-refractivity contribution is 6.43. The van der Waals surface area contributed by atoms with Gasteiger partial charge in [0.25, 0.3) is 11.8 Å². The van der Waals surface area contributed by atoms with Crippen LogP contribution >= 0.6 is 23.2 Å². The Morgan fingerprint density at radius 1 is 1.11 bits per heavy atom. The molecule has 2 aromatic carbocycles. The Kier molecular flexibility index (Phi) is 5.72. The van der Waals surface area contributed by atoms with E-state index in [1.165, 1.54) is 36.1 Å². The number of imide groups is 1. The molecule has 0 saturated heterocycles. The molecule has 1 aliphatic heterocycles. The number of amides is 3. The van der Waals surface area contributed by atoms with Crippen molar-refractivity contribution < 1.29 is 18.8 Å². The summed E-state index contributed by atoms with van der Waals surface area (Å²) in [5, 5.41) is 0.312. The minimum Gasteiger partial charge on any atom is -0.337 e. The molecule has 0 aliphatic carbocycles. The van der Waals surface area contributed by atoms with Gasteiger partial charge in [-0.15, -0.1) is 0 Å². The van der Waals surface area contributed by atoms with E-state index in [0.29, 0.717) is 12.1 Å². The Labute approximate surface area is 171 Å². The van der Waals surface area contributed by atoms with E-state index >= 15 is 0 Å². The fourth-order valence-corrected chi connectivity index (χ4v) is 3.51. The molecule has 5 nitrogen and oxygen atoms in total. The summed E-state index contributed by atoms with van der Waals surface area (Å²) in [7, 11) is 0. The van der Waals surface area contributed by atoms with Crippen molar-refractivity contribution in [3.05, 3.63) is 69.0 Å². The van der Waals surface area contributed by atoms with Crippen molar-refractivity contribution in [2.24, 2.45) is 0 Å². The molecule has 1 aliphatic rings. The molecule has 0 spiro atoms. The van der Waals surface area contributed by atoms with Crippen LogP contribution in [-0.4, -0.2) is 40.1 Å². The Morgan fingerprint density at radius 3 is 2.18 bits per heavy atom. The van der Waals surface area contributed by atoms with Gasteiger partial charge in [-0.05, 0) is 43.7 Å². The first-order valence-corrected chi connectivity index (χ1v) is 9.40. The first kappa shape index (κ1) is 20.3. The number of fused-ring (bicyclic) bond motifs is 1. The number of hydrogen-bond acceptors (Lipinski definition) is 3. The third-order valence-electron chi connectivity index (χ3n) is 4.66. The standard InChI is InChI=1S/C20H17Cl2FN2O3/c1-3-24(10-12-5-4-6-13(23)7-12)18(26)11(2)25-19(27)14-8-16(21)17(22)9-15(14)20(25)28/h4-9,11H,3,10H2,1-2H3. The zero-order chi connectivity index (χ0) is 20.6. The van der Waals surface area contributed by atoms with Crippen molar-refractivity contribution in [3.8, 4) is 0 Å². The number of carbonyl (C=O) groups excluding carboxylic acids is 3. The number of benzene rings is 2. The van der Waals surface area contributed by atoms with Crippen molar-refractivity contribution in [2.45, 2.75) is 26.4 Å². The molecule has 8 heteroatoms. The highest BCUT2D eigenvalue weighted by Gasteiger charge is 2.42. The average molecular weight is 423 g/mol. The molecule has 0 fully saturated rings. The molecule has 0 radical (unpaired) electrons. The third kappa shape index (κ3) is 3.62. The number of rotatable bonds is 5. The van der Waals surface area contributed by atoms with Crippen molar-refractivity contribution in [1.29, 1.82) is 0 Å². The number of carbonyl (C=O) groups is 3. The monoisotopic (exact) mass is 422 g/mol. The quantitative estimate of drug-likeness (QED) is 0.679. The van der Waals surface area contributed by atoms with E-state index in [-0.39, 0.29) is 27.7 Å². The average Bonchev–Trinajstić information content (AvgIpc) is 2.89. The van der Waals surface area contributed by atoms with Crippen LogP contribution in [0.4, 0.5) is 4.39 Å². The first-order valence-electron chi connectivity index (χ1n) is 8.64. The van der Waals surface area contributed by atoms with Gasteiger partial charge in [-0.1, -0.05) is 35.3 Å². The van der Waals surface area contributed by atoms with Crippen LogP contribution in [0.1, 0.15) is 40.1 Å². The molecule has 2 aromatic rings. The summed E-state index contributed by atoms with van der Waals surface area (Å²) in [4.78, 5) is 40.8. The van der Waals surface area contributed by atoms with Crippen LogP contribution in [0.5, 0.6) is 0 Å². The van der Waals surface area contributed by atoms with E-state index in [1.807, 2.05) is 0 Å². The zero-order valence-corrected chi connectivity index (χ0v) is 16.7. The molecule has 3 rings (SSSR count). The maximum Gasteiger partial charge on any atom is 0.262 e. The minimum absolute atomic E-state index is 0.118. The lowest BCUT2D eigenvalue weighted by Gasteiger charge is -2.28. The molecule has 0 bridgehead atoms. The van der Waals surface area contributed by atoms with Crippen molar-refractivity contribution in [3.63, 3.8) is 0 Å². The van der Waals surface area contributed by atoms with Gasteiger partial charge in [0.05, 0.1) is 21.2 Å². The Hall–Kier alpha value is -2.44. The van der Waals surface area contributed by atoms with E-state index in [1.54, 1.807) is 19.1 Å². The van der Waals surface area contributed by atoms with Crippen molar-refractivity contribution >= 4 is 40.9 Å². The van der Waals surface area contributed by atoms with E-state index in [9.17, 15) is 18.8 Å². The van der Waals surface area contributed by atoms with Gasteiger partial charge in [-0.25, -0.2) is 4.39 Å². The number of halogens is 3. The molecule has 1 atom stereocenters. The van der Waals surface area contributed by atoms with Crippen LogP contribution < -0.4 is 0 Å². The lowest BCUT2D eigenvalue weighted by molar-refractivity contribution is -0.135. The predicted octanol–water partition coefficient (Wildman–Crippen LogP) is 4.17. The second-order valence-electron chi connectivity index (χ2n) is 6.45. The predicted molar refractivity (Wildman–Crippen MR) is 104 cm³/mol. The first-order chi connectivity index (χ1) is 13.2. The van der Waals surface area contributed by atoms with E-state index < -0.39 is 29.6 Å². The third-order valence-corrected chi connectivity index (χ3v) is 5.38. The second kappa shape index (κ2) is 7.89. The Morgan fingerprint density at radius 2 is 1.68 bits per heavy atom. The maximum absolute atomic E-state index is 13.4. The molecule has 0 saturated carbocycles. The van der Waals surface area contributed by atoms with Crippen LogP contribution in [-0.2, 0) is 11.3 Å². The van der Waals surface area contributed by atoms with E-state index in [4.69, 9.17) is 23.2 Å². The normalized spacial score (nSPS) is 14.2. The summed E-state index contributed by atoms with van der Waals surface area (Å²) in [5.74, 6) is -2.01. The van der Waals surface area contributed by atoms with Gasteiger partial charge in [0.1, 0.15) is 11.9 Å². The van der Waals surface area contributed by atoms with Gasteiger partial charge in [-0.2, -0.15) is 0 Å². The highest BCUT2D eigenvalue weighted by Crippen LogP contribution is 2.32. The Bertz CT molecular complexity index is 939. The van der Waals surface area contributed by atoms with Gasteiger partial charge in [0.15, 0.2) is 0 Å².